The van der Waals surface area contributed by atoms with Crippen molar-refractivity contribution in [3.05, 3.63) is 54.1 Å². The van der Waals surface area contributed by atoms with E-state index in [4.69, 9.17) is 4.74 Å². The van der Waals surface area contributed by atoms with Crippen molar-refractivity contribution in [2.75, 3.05) is 23.8 Å². The number of benzene rings is 2. The zero-order chi connectivity index (χ0) is 16.1. The van der Waals surface area contributed by atoms with Gasteiger partial charge in [0.05, 0.1) is 0 Å². The third-order valence-corrected chi connectivity index (χ3v) is 4.17. The van der Waals surface area contributed by atoms with Crippen LogP contribution in [0.15, 0.2) is 48.5 Å². The van der Waals surface area contributed by atoms with Gasteiger partial charge in [0.15, 0.2) is 0 Å². The van der Waals surface area contributed by atoms with Gasteiger partial charge in [0.1, 0.15) is 0 Å². The predicted octanol–water partition coefficient (Wildman–Crippen LogP) is 4.10. The molecule has 2 N–H and O–H groups in total. The first-order valence-electron chi connectivity index (χ1n) is 8.04. The molecule has 2 aromatic carbocycles. The van der Waals surface area contributed by atoms with E-state index >= 15 is 0 Å². The minimum Gasteiger partial charge on any atom is -0.381 e. The van der Waals surface area contributed by atoms with Crippen LogP contribution in [-0.2, 0) is 9.53 Å². The maximum atomic E-state index is 12.2. The van der Waals surface area contributed by atoms with Crippen LogP contribution in [0.25, 0.3) is 0 Å². The molecule has 1 fully saturated rings. The highest BCUT2D eigenvalue weighted by atomic mass is 16.5. The Hall–Kier alpha value is -2.33. The smallest absolute Gasteiger partial charge is 0.227 e. The first kappa shape index (κ1) is 15.6. The quantitative estimate of drug-likeness (QED) is 0.893. The van der Waals surface area contributed by atoms with Gasteiger partial charge in [0.25, 0.3) is 0 Å². The highest BCUT2D eigenvalue weighted by Crippen LogP contribution is 2.22. The van der Waals surface area contributed by atoms with Gasteiger partial charge in [0, 0.05) is 36.2 Å². The third kappa shape index (κ3) is 4.11. The zero-order valence-electron chi connectivity index (χ0n) is 13.3. The van der Waals surface area contributed by atoms with Crippen LogP contribution in [0.5, 0.6) is 0 Å². The Labute approximate surface area is 136 Å². The van der Waals surface area contributed by atoms with Crippen molar-refractivity contribution in [2.24, 2.45) is 5.92 Å². The van der Waals surface area contributed by atoms with Crippen LogP contribution in [0.3, 0.4) is 0 Å². The summed E-state index contributed by atoms with van der Waals surface area (Å²) in [6.07, 6.45) is 1.61. The molecular weight excluding hydrogens is 288 g/mol. The van der Waals surface area contributed by atoms with Crippen LogP contribution >= 0.6 is 0 Å². The molecule has 3 rings (SSSR count). The molecule has 0 spiro atoms. The molecule has 0 radical (unpaired) electrons. The van der Waals surface area contributed by atoms with Gasteiger partial charge in [-0.25, -0.2) is 0 Å². The van der Waals surface area contributed by atoms with Crippen LogP contribution < -0.4 is 10.6 Å². The van der Waals surface area contributed by atoms with Gasteiger partial charge >= 0.3 is 0 Å². The number of para-hydroxylation sites is 1. The summed E-state index contributed by atoms with van der Waals surface area (Å²) in [5.41, 5.74) is 4.12. The number of rotatable bonds is 4. The second-order valence-corrected chi connectivity index (χ2v) is 5.89. The van der Waals surface area contributed by atoms with E-state index in [0.29, 0.717) is 13.2 Å². The Morgan fingerprint density at radius 3 is 2.35 bits per heavy atom. The lowest BCUT2D eigenvalue weighted by atomic mass is 9.99. The monoisotopic (exact) mass is 310 g/mol. The molecule has 0 saturated carbocycles. The average molecular weight is 310 g/mol. The fourth-order valence-corrected chi connectivity index (χ4v) is 2.71. The van der Waals surface area contributed by atoms with Crippen molar-refractivity contribution in [1.82, 2.24) is 0 Å². The van der Waals surface area contributed by atoms with Gasteiger partial charge in [-0.1, -0.05) is 18.2 Å². The molecule has 0 aliphatic carbocycles. The minimum atomic E-state index is 0.0634. The lowest BCUT2D eigenvalue weighted by Crippen LogP contribution is -2.28. The number of carbonyl (C=O) groups excluding carboxylic acids is 1. The van der Waals surface area contributed by atoms with Crippen molar-refractivity contribution in [1.29, 1.82) is 0 Å². The summed E-state index contributed by atoms with van der Waals surface area (Å²) in [5.74, 6) is 0.154. The van der Waals surface area contributed by atoms with Gasteiger partial charge in [-0.15, -0.1) is 0 Å². The summed E-state index contributed by atoms with van der Waals surface area (Å²) in [4.78, 5) is 12.2. The number of ether oxygens (including phenoxy) is 1. The maximum Gasteiger partial charge on any atom is 0.227 e. The van der Waals surface area contributed by atoms with Gasteiger partial charge < -0.3 is 15.4 Å². The molecule has 0 aromatic heterocycles. The van der Waals surface area contributed by atoms with E-state index in [9.17, 15) is 4.79 Å². The Morgan fingerprint density at radius 2 is 1.65 bits per heavy atom. The first-order valence-corrected chi connectivity index (χ1v) is 8.04. The van der Waals surface area contributed by atoms with Crippen LogP contribution in [0.1, 0.15) is 18.4 Å². The summed E-state index contributed by atoms with van der Waals surface area (Å²) in [6.45, 7) is 3.43. The maximum absolute atomic E-state index is 12.2. The van der Waals surface area contributed by atoms with Crippen LogP contribution in [-0.4, -0.2) is 19.1 Å². The Morgan fingerprint density at radius 1 is 1.00 bits per heavy atom. The largest absolute Gasteiger partial charge is 0.381 e. The number of aryl methyl sites for hydroxylation is 1. The first-order chi connectivity index (χ1) is 11.2. The lowest BCUT2D eigenvalue weighted by molar-refractivity contribution is -0.122. The molecule has 4 heteroatoms. The molecular formula is C19H22N2O2. The van der Waals surface area contributed by atoms with Crippen LogP contribution in [0.2, 0.25) is 0 Å². The molecule has 0 atom stereocenters. The number of hydrogen-bond donors (Lipinski definition) is 2. The number of amides is 1. The van der Waals surface area contributed by atoms with Crippen molar-refractivity contribution < 1.29 is 9.53 Å². The van der Waals surface area contributed by atoms with E-state index in [2.05, 4.69) is 29.7 Å². The molecule has 4 nitrogen and oxygen atoms in total. The van der Waals surface area contributed by atoms with E-state index in [-0.39, 0.29) is 11.8 Å². The van der Waals surface area contributed by atoms with Crippen molar-refractivity contribution in [2.45, 2.75) is 19.8 Å². The Balaban J connectivity index is 1.60. The number of anilines is 3. The van der Waals surface area contributed by atoms with Gasteiger partial charge in [0.2, 0.25) is 5.91 Å². The summed E-state index contributed by atoms with van der Waals surface area (Å²) in [6, 6.07) is 16.0. The van der Waals surface area contributed by atoms with E-state index < -0.39 is 0 Å². The zero-order valence-corrected chi connectivity index (χ0v) is 13.3. The van der Waals surface area contributed by atoms with Crippen molar-refractivity contribution >= 4 is 23.0 Å². The molecule has 2 aromatic rings. The number of hydrogen-bond acceptors (Lipinski definition) is 3. The summed E-state index contributed by atoms with van der Waals surface area (Å²) < 4.78 is 5.29. The van der Waals surface area contributed by atoms with Gasteiger partial charge in [-0.05, 0) is 55.7 Å². The molecule has 1 aliphatic rings. The van der Waals surface area contributed by atoms with Crippen molar-refractivity contribution in [3.63, 3.8) is 0 Å². The van der Waals surface area contributed by atoms with Gasteiger partial charge in [-0.2, -0.15) is 0 Å². The minimum absolute atomic E-state index is 0.0634. The highest BCUT2D eigenvalue weighted by molar-refractivity contribution is 5.92. The normalized spacial score (nSPS) is 15.2. The summed E-state index contributed by atoms with van der Waals surface area (Å²) >= 11 is 0. The molecule has 120 valence electrons. The molecule has 1 heterocycles. The van der Waals surface area contributed by atoms with Crippen LogP contribution in [0.4, 0.5) is 17.1 Å². The second kappa shape index (κ2) is 7.29. The van der Waals surface area contributed by atoms with E-state index in [1.54, 1.807) is 0 Å². The molecule has 0 unspecified atom stereocenters. The topological polar surface area (TPSA) is 50.4 Å². The van der Waals surface area contributed by atoms with E-state index in [1.165, 1.54) is 5.56 Å². The predicted molar refractivity (Wildman–Crippen MR) is 93.1 cm³/mol. The molecule has 23 heavy (non-hydrogen) atoms. The average Bonchev–Trinajstić information content (AvgIpc) is 2.59. The molecule has 1 aliphatic heterocycles. The SMILES string of the molecule is Cc1ccccc1Nc1ccc(NC(=O)C2CCOCC2)cc1. The molecule has 1 saturated heterocycles. The Kier molecular flexibility index (Phi) is 4.93. The standard InChI is InChI=1S/C19H22N2O2/c1-14-4-2-3-5-18(14)20-16-6-8-17(9-7-16)21-19(22)15-10-12-23-13-11-15/h2-9,15,20H,10-13H2,1H3,(H,21,22). The summed E-state index contributed by atoms with van der Waals surface area (Å²) in [7, 11) is 0. The fraction of sp³-hybridized carbons (Fsp3) is 0.316. The second-order valence-electron chi connectivity index (χ2n) is 5.89. The molecule has 0 bridgehead atoms. The third-order valence-electron chi connectivity index (χ3n) is 4.17. The van der Waals surface area contributed by atoms with E-state index in [0.717, 1.165) is 29.9 Å². The lowest BCUT2D eigenvalue weighted by Gasteiger charge is -2.21. The molecule has 1 amide bonds. The number of carbonyl (C=O) groups is 1. The highest BCUT2D eigenvalue weighted by Gasteiger charge is 2.21. The summed E-state index contributed by atoms with van der Waals surface area (Å²) in [5, 5.41) is 6.38. The Bertz CT molecular complexity index is 661. The van der Waals surface area contributed by atoms with Crippen LogP contribution in [0, 0.1) is 12.8 Å². The fourth-order valence-electron chi connectivity index (χ4n) is 2.71. The van der Waals surface area contributed by atoms with Gasteiger partial charge in [-0.3, -0.25) is 4.79 Å². The van der Waals surface area contributed by atoms with Crippen molar-refractivity contribution in [3.8, 4) is 0 Å². The van der Waals surface area contributed by atoms with E-state index in [1.807, 2.05) is 36.4 Å². The number of nitrogens with one attached hydrogen (secondary N) is 2.